The van der Waals surface area contributed by atoms with Crippen molar-refractivity contribution in [1.29, 1.82) is 0 Å². The molecule has 0 radical (unpaired) electrons. The van der Waals surface area contributed by atoms with Crippen LogP contribution in [0.2, 0.25) is 0 Å². The molecule has 0 saturated heterocycles. The molecule has 0 spiro atoms. The molecule has 28 heavy (non-hydrogen) atoms. The second-order valence-corrected chi connectivity index (χ2v) is 7.38. The van der Waals surface area contributed by atoms with Crippen LogP contribution in [0.3, 0.4) is 0 Å². The number of carbonyl (C=O) groups is 2. The van der Waals surface area contributed by atoms with Crippen LogP contribution >= 0.6 is 0 Å². The molecule has 2 amide bonds. The molecule has 1 aliphatic rings. The number of hydrogen-bond acceptors (Lipinski definition) is 4. The van der Waals surface area contributed by atoms with E-state index in [1.165, 1.54) is 6.92 Å². The van der Waals surface area contributed by atoms with Gasteiger partial charge in [-0.05, 0) is 50.5 Å². The Hall–Kier alpha value is -2.89. The van der Waals surface area contributed by atoms with Crippen LogP contribution in [-0.2, 0) is 16.1 Å². The monoisotopic (exact) mass is 381 g/mol. The summed E-state index contributed by atoms with van der Waals surface area (Å²) in [6, 6.07) is 9.57. The van der Waals surface area contributed by atoms with E-state index in [1.807, 2.05) is 32.0 Å². The molecule has 1 N–H and O–H groups in total. The van der Waals surface area contributed by atoms with E-state index in [9.17, 15) is 9.59 Å². The van der Waals surface area contributed by atoms with Crippen LogP contribution in [0, 0.1) is 13.8 Å². The molecule has 2 aromatic rings. The van der Waals surface area contributed by atoms with Gasteiger partial charge in [-0.25, -0.2) is 4.98 Å². The molecule has 1 aliphatic heterocycles. The Morgan fingerprint density at radius 2 is 2.07 bits per heavy atom. The minimum absolute atomic E-state index is 0.341. The lowest BCUT2D eigenvalue weighted by molar-refractivity contribution is -0.148. The van der Waals surface area contributed by atoms with Gasteiger partial charge in [0.05, 0.1) is 0 Å². The summed E-state index contributed by atoms with van der Waals surface area (Å²) >= 11 is 0. The van der Waals surface area contributed by atoms with E-state index in [2.05, 4.69) is 17.2 Å². The SMILES string of the molecule is CCCCN1C(=O)[C@](C)(C(=O)NCc2cc(C)ccc2C)Oc2cccnc21. The van der Waals surface area contributed by atoms with Gasteiger partial charge < -0.3 is 10.1 Å². The van der Waals surface area contributed by atoms with Crippen LogP contribution in [0.5, 0.6) is 5.75 Å². The lowest BCUT2D eigenvalue weighted by atomic mass is 10.00. The van der Waals surface area contributed by atoms with E-state index < -0.39 is 11.5 Å². The van der Waals surface area contributed by atoms with Gasteiger partial charge in [0.25, 0.3) is 17.4 Å². The normalized spacial score (nSPS) is 18.4. The third-order valence-corrected chi connectivity index (χ3v) is 5.09. The molecule has 0 fully saturated rings. The maximum Gasteiger partial charge on any atom is 0.282 e. The van der Waals surface area contributed by atoms with Crippen molar-refractivity contribution >= 4 is 17.6 Å². The summed E-state index contributed by atoms with van der Waals surface area (Å²) in [6.07, 6.45) is 3.38. The largest absolute Gasteiger partial charge is 0.464 e. The van der Waals surface area contributed by atoms with Crippen molar-refractivity contribution < 1.29 is 14.3 Å². The lowest BCUT2D eigenvalue weighted by Gasteiger charge is -2.38. The first-order valence-electron chi connectivity index (χ1n) is 9.67. The molecular formula is C22H27N3O3. The van der Waals surface area contributed by atoms with Crippen LogP contribution in [0.25, 0.3) is 0 Å². The summed E-state index contributed by atoms with van der Waals surface area (Å²) in [5, 5.41) is 2.88. The summed E-state index contributed by atoms with van der Waals surface area (Å²) in [5.74, 6) is 0.0864. The number of amides is 2. The van der Waals surface area contributed by atoms with Gasteiger partial charge in [0.2, 0.25) is 0 Å². The number of pyridine rings is 1. The molecule has 1 atom stereocenters. The maximum atomic E-state index is 13.2. The van der Waals surface area contributed by atoms with Crippen LogP contribution in [0.1, 0.15) is 43.4 Å². The Morgan fingerprint density at radius 1 is 1.29 bits per heavy atom. The van der Waals surface area contributed by atoms with Gasteiger partial charge in [-0.3, -0.25) is 14.5 Å². The standard InChI is InChI=1S/C22H27N3O3/c1-5-6-12-25-19-18(8-7-11-23-19)28-22(4,21(25)27)20(26)24-14-17-13-15(2)9-10-16(17)3/h7-11,13H,5-6,12,14H2,1-4H3,(H,24,26)/t22-/m0/s1. The van der Waals surface area contributed by atoms with Gasteiger partial charge in [-0.1, -0.05) is 37.1 Å². The van der Waals surface area contributed by atoms with Gasteiger partial charge in [0, 0.05) is 19.3 Å². The van der Waals surface area contributed by atoms with E-state index in [-0.39, 0.29) is 5.91 Å². The number of aromatic nitrogens is 1. The quantitative estimate of drug-likeness (QED) is 0.780. The fourth-order valence-corrected chi connectivity index (χ4v) is 3.28. The summed E-state index contributed by atoms with van der Waals surface area (Å²) in [6.45, 7) is 8.44. The van der Waals surface area contributed by atoms with Gasteiger partial charge in [-0.15, -0.1) is 0 Å². The van der Waals surface area contributed by atoms with Crippen LogP contribution in [-0.4, -0.2) is 28.9 Å². The number of nitrogens with zero attached hydrogens (tertiary/aromatic N) is 2. The molecule has 0 bridgehead atoms. The fraction of sp³-hybridized carbons (Fsp3) is 0.409. The Kier molecular flexibility index (Phi) is 5.68. The highest BCUT2D eigenvalue weighted by Crippen LogP contribution is 2.36. The van der Waals surface area contributed by atoms with Crippen molar-refractivity contribution in [3.8, 4) is 5.75 Å². The Bertz CT molecular complexity index is 896. The number of ether oxygens (including phenoxy) is 1. The molecule has 1 aromatic carbocycles. The van der Waals surface area contributed by atoms with Crippen LogP contribution in [0.4, 0.5) is 5.82 Å². The second kappa shape index (κ2) is 8.00. The van der Waals surface area contributed by atoms with Crippen molar-refractivity contribution in [2.45, 2.75) is 52.7 Å². The highest BCUT2D eigenvalue weighted by molar-refractivity contribution is 6.16. The number of benzene rings is 1. The Morgan fingerprint density at radius 3 is 2.82 bits per heavy atom. The van der Waals surface area contributed by atoms with Gasteiger partial charge in [0.15, 0.2) is 11.6 Å². The van der Waals surface area contributed by atoms with E-state index in [1.54, 1.807) is 23.2 Å². The molecule has 0 aliphatic carbocycles. The van der Waals surface area contributed by atoms with E-state index in [4.69, 9.17) is 4.74 Å². The van der Waals surface area contributed by atoms with Crippen LogP contribution < -0.4 is 15.0 Å². The van der Waals surface area contributed by atoms with Crippen molar-refractivity contribution in [2.24, 2.45) is 0 Å². The predicted octanol–water partition coefficient (Wildman–Crippen LogP) is 3.30. The highest BCUT2D eigenvalue weighted by Gasteiger charge is 2.50. The molecule has 6 nitrogen and oxygen atoms in total. The average Bonchev–Trinajstić information content (AvgIpc) is 2.68. The molecule has 3 rings (SSSR count). The Labute approximate surface area is 165 Å². The summed E-state index contributed by atoms with van der Waals surface area (Å²) in [4.78, 5) is 32.1. The zero-order chi connectivity index (χ0) is 20.3. The topological polar surface area (TPSA) is 71.5 Å². The lowest BCUT2D eigenvalue weighted by Crippen LogP contribution is -2.62. The fourth-order valence-electron chi connectivity index (χ4n) is 3.28. The van der Waals surface area contributed by atoms with Crippen LogP contribution in [0.15, 0.2) is 36.5 Å². The van der Waals surface area contributed by atoms with E-state index in [0.29, 0.717) is 24.7 Å². The second-order valence-electron chi connectivity index (χ2n) is 7.38. The molecule has 0 saturated carbocycles. The van der Waals surface area contributed by atoms with Crippen molar-refractivity contribution in [3.63, 3.8) is 0 Å². The molecule has 1 aromatic heterocycles. The highest BCUT2D eigenvalue weighted by atomic mass is 16.5. The molecule has 6 heteroatoms. The maximum absolute atomic E-state index is 13.2. The number of carbonyl (C=O) groups excluding carboxylic acids is 2. The van der Waals surface area contributed by atoms with Gasteiger partial charge >= 0.3 is 0 Å². The van der Waals surface area contributed by atoms with Gasteiger partial charge in [-0.2, -0.15) is 0 Å². The number of nitrogens with one attached hydrogen (secondary N) is 1. The van der Waals surface area contributed by atoms with E-state index >= 15 is 0 Å². The summed E-state index contributed by atoms with van der Waals surface area (Å²) in [5.41, 5.74) is 1.61. The number of hydrogen-bond donors (Lipinski definition) is 1. The molecule has 0 unspecified atom stereocenters. The minimum atomic E-state index is -1.62. The number of unbranched alkanes of at least 4 members (excludes halogenated alkanes) is 1. The molecule has 2 heterocycles. The zero-order valence-corrected chi connectivity index (χ0v) is 16.9. The van der Waals surface area contributed by atoms with Gasteiger partial charge in [0.1, 0.15) is 0 Å². The van der Waals surface area contributed by atoms with Crippen molar-refractivity contribution in [2.75, 3.05) is 11.4 Å². The number of rotatable bonds is 6. The third-order valence-electron chi connectivity index (χ3n) is 5.09. The molecular weight excluding hydrogens is 354 g/mol. The first kappa shape index (κ1) is 19.9. The average molecular weight is 381 g/mol. The minimum Gasteiger partial charge on any atom is -0.464 e. The summed E-state index contributed by atoms with van der Waals surface area (Å²) in [7, 11) is 0. The molecule has 148 valence electrons. The number of aryl methyl sites for hydroxylation is 2. The smallest absolute Gasteiger partial charge is 0.282 e. The summed E-state index contributed by atoms with van der Waals surface area (Å²) < 4.78 is 5.88. The Balaban J connectivity index is 1.84. The first-order valence-corrected chi connectivity index (χ1v) is 9.67. The number of anilines is 1. The number of fused-ring (bicyclic) bond motifs is 1. The third kappa shape index (κ3) is 3.72. The van der Waals surface area contributed by atoms with Crippen molar-refractivity contribution in [3.05, 3.63) is 53.2 Å². The predicted molar refractivity (Wildman–Crippen MR) is 108 cm³/mol. The van der Waals surface area contributed by atoms with E-state index in [0.717, 1.165) is 29.5 Å². The van der Waals surface area contributed by atoms with Crippen molar-refractivity contribution in [1.82, 2.24) is 10.3 Å². The first-order chi connectivity index (χ1) is 13.4. The zero-order valence-electron chi connectivity index (χ0n) is 16.9.